The third-order valence-corrected chi connectivity index (χ3v) is 2.12. The first-order valence-electron chi connectivity index (χ1n) is 4.59. The van der Waals surface area contributed by atoms with Crippen LogP contribution in [0.1, 0.15) is 5.56 Å². The van der Waals surface area contributed by atoms with Gasteiger partial charge in [0.2, 0.25) is 6.04 Å². The van der Waals surface area contributed by atoms with Crippen LogP contribution in [-0.2, 0) is 4.79 Å². The summed E-state index contributed by atoms with van der Waals surface area (Å²) in [7, 11) is 1.57. The highest BCUT2D eigenvalue weighted by atomic mass is 16.5. The van der Waals surface area contributed by atoms with E-state index in [0.29, 0.717) is 11.4 Å². The fourth-order valence-corrected chi connectivity index (χ4v) is 1.32. The maximum absolute atomic E-state index is 10.6. The lowest BCUT2D eigenvalue weighted by Crippen LogP contribution is -2.02. The molecule has 5 heteroatoms. The molecule has 1 aliphatic rings. The Morgan fingerprint density at radius 3 is 2.81 bits per heavy atom. The van der Waals surface area contributed by atoms with Crippen LogP contribution in [0.2, 0.25) is 0 Å². The molecule has 0 bridgehead atoms. The highest BCUT2D eigenvalue weighted by Gasteiger charge is 2.22. The Bertz CT molecular complexity index is 480. The second-order valence-corrected chi connectivity index (χ2v) is 3.15. The van der Waals surface area contributed by atoms with Crippen LogP contribution < -0.4 is 4.74 Å². The number of ether oxygens (including phenoxy) is 1. The van der Waals surface area contributed by atoms with Crippen LogP contribution in [0.25, 0.3) is 5.70 Å². The van der Waals surface area contributed by atoms with E-state index in [1.54, 1.807) is 19.2 Å². The Labute approximate surface area is 92.1 Å². The zero-order chi connectivity index (χ0) is 11.5. The maximum Gasteiger partial charge on any atom is 0.341 e. The van der Waals surface area contributed by atoms with E-state index in [1.807, 2.05) is 12.1 Å². The Morgan fingerprint density at radius 2 is 2.19 bits per heavy atom. The van der Waals surface area contributed by atoms with Gasteiger partial charge in [0.25, 0.3) is 0 Å². The lowest BCUT2D eigenvalue weighted by Gasteiger charge is -2.01. The number of aliphatic carboxylic acids is 1. The van der Waals surface area contributed by atoms with Crippen LogP contribution in [-0.4, -0.2) is 18.2 Å². The van der Waals surface area contributed by atoms with Crippen molar-refractivity contribution in [3.63, 3.8) is 0 Å². The number of carboxylic acids is 1. The van der Waals surface area contributed by atoms with Crippen molar-refractivity contribution in [3.05, 3.63) is 41.9 Å². The topological polar surface area (TPSA) is 71.2 Å². The van der Waals surface area contributed by atoms with Gasteiger partial charge in [-0.3, -0.25) is 0 Å². The maximum atomic E-state index is 10.6. The molecular formula is C11H9N2O3. The van der Waals surface area contributed by atoms with Gasteiger partial charge in [-0.05, 0) is 18.2 Å². The molecule has 16 heavy (non-hydrogen) atoms. The van der Waals surface area contributed by atoms with E-state index in [4.69, 9.17) is 9.84 Å². The van der Waals surface area contributed by atoms with Gasteiger partial charge in [-0.25, -0.2) is 4.79 Å². The molecule has 0 spiro atoms. The van der Waals surface area contributed by atoms with Gasteiger partial charge in [-0.1, -0.05) is 12.1 Å². The molecule has 1 heterocycles. The molecule has 0 saturated carbocycles. The van der Waals surface area contributed by atoms with Crippen LogP contribution in [0.15, 0.2) is 40.6 Å². The zero-order valence-electron chi connectivity index (χ0n) is 8.54. The Hall–Kier alpha value is -2.17. The summed E-state index contributed by atoms with van der Waals surface area (Å²) in [5.41, 5.74) is 1.30. The minimum Gasteiger partial charge on any atom is -0.497 e. The van der Waals surface area contributed by atoms with Crippen LogP contribution >= 0.6 is 0 Å². The highest BCUT2D eigenvalue weighted by Crippen LogP contribution is 2.28. The number of nitrogens with zero attached hydrogens (tertiary/aromatic N) is 2. The molecule has 0 atom stereocenters. The van der Waals surface area contributed by atoms with E-state index in [9.17, 15) is 4.79 Å². The van der Waals surface area contributed by atoms with Crippen molar-refractivity contribution < 1.29 is 14.6 Å². The van der Waals surface area contributed by atoms with Crippen molar-refractivity contribution in [2.75, 3.05) is 7.11 Å². The first kappa shape index (κ1) is 10.4. The van der Waals surface area contributed by atoms with Crippen LogP contribution in [0.5, 0.6) is 5.75 Å². The molecule has 2 rings (SSSR count). The fourth-order valence-electron chi connectivity index (χ4n) is 1.32. The molecule has 1 aliphatic heterocycles. The van der Waals surface area contributed by atoms with Crippen LogP contribution in [0, 0.1) is 6.04 Å². The molecule has 1 radical (unpaired) electrons. The summed E-state index contributed by atoms with van der Waals surface area (Å²) >= 11 is 0. The highest BCUT2D eigenvalue weighted by molar-refractivity contribution is 5.89. The van der Waals surface area contributed by atoms with Gasteiger partial charge >= 0.3 is 5.97 Å². The van der Waals surface area contributed by atoms with E-state index in [0.717, 1.165) is 5.56 Å². The van der Waals surface area contributed by atoms with Gasteiger partial charge in [0, 0.05) is 5.56 Å². The Morgan fingerprint density at radius 1 is 1.38 bits per heavy atom. The van der Waals surface area contributed by atoms with Crippen molar-refractivity contribution in [2.24, 2.45) is 10.2 Å². The van der Waals surface area contributed by atoms with E-state index >= 15 is 0 Å². The minimum atomic E-state index is -1.08. The Balaban J connectivity index is 2.29. The zero-order valence-corrected chi connectivity index (χ0v) is 8.54. The molecule has 0 saturated heterocycles. The Kier molecular flexibility index (Phi) is 2.68. The monoisotopic (exact) mass is 217 g/mol. The van der Waals surface area contributed by atoms with Gasteiger partial charge in [0.05, 0.1) is 12.8 Å². The molecule has 1 aromatic carbocycles. The predicted molar refractivity (Wildman–Crippen MR) is 56.7 cm³/mol. The number of azo groups is 1. The van der Waals surface area contributed by atoms with Crippen molar-refractivity contribution in [1.82, 2.24) is 0 Å². The van der Waals surface area contributed by atoms with Gasteiger partial charge in [0.1, 0.15) is 5.75 Å². The molecule has 0 amide bonds. The van der Waals surface area contributed by atoms with E-state index < -0.39 is 5.97 Å². The standard InChI is InChI=1S/C11H9N2O3/c1-16-8-4-2-3-7(5-8)9-6-10(11(14)15)13-12-9/h2-6H,1H3,(H,14,15). The van der Waals surface area contributed by atoms with Crippen molar-refractivity contribution in [1.29, 1.82) is 0 Å². The van der Waals surface area contributed by atoms with Gasteiger partial charge < -0.3 is 9.84 Å². The van der Waals surface area contributed by atoms with Crippen molar-refractivity contribution in [2.45, 2.75) is 0 Å². The summed E-state index contributed by atoms with van der Waals surface area (Å²) in [6.45, 7) is 0. The largest absolute Gasteiger partial charge is 0.497 e. The number of carboxylic acid groups (broad SMARTS) is 1. The van der Waals surface area contributed by atoms with E-state index in [2.05, 4.69) is 10.2 Å². The van der Waals surface area contributed by atoms with Crippen LogP contribution in [0.3, 0.4) is 0 Å². The second-order valence-electron chi connectivity index (χ2n) is 3.15. The molecule has 81 valence electrons. The third kappa shape index (κ3) is 1.93. The lowest BCUT2D eigenvalue weighted by atomic mass is 10.1. The summed E-state index contributed by atoms with van der Waals surface area (Å²) in [6, 6.07) is 7.15. The number of methoxy groups -OCH3 is 1. The fraction of sp³-hybridized carbons (Fsp3) is 0.0909. The summed E-state index contributed by atoms with van der Waals surface area (Å²) in [6.07, 6.45) is 1.43. The molecule has 5 nitrogen and oxygen atoms in total. The molecule has 0 fully saturated rings. The number of hydrogen-bond donors (Lipinski definition) is 1. The molecule has 0 aromatic heterocycles. The number of hydrogen-bond acceptors (Lipinski definition) is 4. The summed E-state index contributed by atoms with van der Waals surface area (Å²) in [4.78, 5) is 10.6. The van der Waals surface area contributed by atoms with E-state index in [1.165, 1.54) is 6.08 Å². The van der Waals surface area contributed by atoms with E-state index in [-0.39, 0.29) is 6.04 Å². The van der Waals surface area contributed by atoms with Crippen LogP contribution in [0.4, 0.5) is 0 Å². The quantitative estimate of drug-likeness (QED) is 0.842. The minimum absolute atomic E-state index is 0.0576. The molecule has 1 aromatic rings. The molecule has 0 unspecified atom stereocenters. The molecule has 1 N–H and O–H groups in total. The molecular weight excluding hydrogens is 208 g/mol. The average Bonchev–Trinajstić information content (AvgIpc) is 2.78. The van der Waals surface area contributed by atoms with Gasteiger partial charge in [-0.2, -0.15) is 10.2 Å². The van der Waals surface area contributed by atoms with Gasteiger partial charge in [-0.15, -0.1) is 0 Å². The average molecular weight is 217 g/mol. The van der Waals surface area contributed by atoms with Crippen molar-refractivity contribution in [3.8, 4) is 5.75 Å². The summed E-state index contributed by atoms with van der Waals surface area (Å²) < 4.78 is 5.07. The number of rotatable bonds is 3. The number of benzene rings is 1. The first-order valence-corrected chi connectivity index (χ1v) is 4.59. The summed E-state index contributed by atoms with van der Waals surface area (Å²) in [5.74, 6) is -0.390. The smallest absolute Gasteiger partial charge is 0.341 e. The lowest BCUT2D eigenvalue weighted by molar-refractivity contribution is -0.134. The first-order chi connectivity index (χ1) is 7.70. The second kappa shape index (κ2) is 4.14. The van der Waals surface area contributed by atoms with Gasteiger partial charge in [0.15, 0.2) is 0 Å². The van der Waals surface area contributed by atoms with Crippen molar-refractivity contribution >= 4 is 11.7 Å². The summed E-state index contributed by atoms with van der Waals surface area (Å²) in [5, 5.41) is 16.1. The normalized spacial score (nSPS) is 14.9. The third-order valence-electron chi connectivity index (χ3n) is 2.12. The molecule has 0 aliphatic carbocycles. The predicted octanol–water partition coefficient (Wildman–Crippen LogP) is 2.12. The SMILES string of the molecule is COc1cccc(C2=C[C](C(=O)O)N=N2)c1. The number of carbonyl (C=O) groups is 1.